The lowest BCUT2D eigenvalue weighted by Gasteiger charge is -2.11. The smallest absolute Gasteiger partial charge is 0.250 e. The Morgan fingerprint density at radius 1 is 1.21 bits per heavy atom. The van der Waals surface area contributed by atoms with Gasteiger partial charge >= 0.3 is 0 Å². The molecule has 0 aromatic heterocycles. The molecule has 2 aromatic rings. The van der Waals surface area contributed by atoms with E-state index in [0.717, 1.165) is 11.3 Å². The van der Waals surface area contributed by atoms with Crippen LogP contribution in [-0.2, 0) is 10.5 Å². The number of hydrogen-bond donors (Lipinski definition) is 1. The summed E-state index contributed by atoms with van der Waals surface area (Å²) < 4.78 is 11.2. The Morgan fingerprint density at radius 2 is 2.04 bits per heavy atom. The molecular weight excluding hydrogens is 372 g/mol. The number of nitrogens with one attached hydrogen (secondary N) is 1. The third-order valence-electron chi connectivity index (χ3n) is 3.78. The third-order valence-corrected chi connectivity index (χ3v) is 4.76. The first-order valence-electron chi connectivity index (χ1n) is 9.08. The zero-order chi connectivity index (χ0) is 20.2. The molecule has 0 saturated carbocycles. The molecule has 2 rings (SSSR count). The van der Waals surface area contributed by atoms with Gasteiger partial charge in [-0.1, -0.05) is 36.9 Å². The highest BCUT2D eigenvalue weighted by Crippen LogP contribution is 2.28. The van der Waals surface area contributed by atoms with Crippen LogP contribution in [0, 0.1) is 6.92 Å². The number of carbonyl (C=O) groups is 1. The zero-order valence-electron chi connectivity index (χ0n) is 16.3. The highest BCUT2D eigenvalue weighted by Gasteiger charge is 2.06. The first-order chi connectivity index (χ1) is 13.6. The van der Waals surface area contributed by atoms with Gasteiger partial charge in [-0.2, -0.15) is 5.10 Å². The highest BCUT2D eigenvalue weighted by atomic mass is 32.2. The molecule has 0 aliphatic rings. The Bertz CT molecular complexity index is 821. The van der Waals surface area contributed by atoms with Crippen LogP contribution in [0.3, 0.4) is 0 Å². The fourth-order valence-corrected chi connectivity index (χ4v) is 3.27. The maximum Gasteiger partial charge on any atom is 0.250 e. The Hall–Kier alpha value is -2.73. The molecule has 0 heterocycles. The summed E-state index contributed by atoms with van der Waals surface area (Å²) in [6.07, 6.45) is 3.27. The van der Waals surface area contributed by atoms with Crippen LogP contribution in [0.25, 0.3) is 0 Å². The van der Waals surface area contributed by atoms with Crippen molar-refractivity contribution < 1.29 is 14.3 Å². The predicted molar refractivity (Wildman–Crippen MR) is 116 cm³/mol. The van der Waals surface area contributed by atoms with Crippen LogP contribution in [0.4, 0.5) is 0 Å². The molecule has 2 aromatic carbocycles. The summed E-state index contributed by atoms with van der Waals surface area (Å²) in [5.41, 5.74) is 5.84. The molecule has 0 bridgehead atoms. The van der Waals surface area contributed by atoms with E-state index in [0.29, 0.717) is 30.5 Å². The van der Waals surface area contributed by atoms with Crippen LogP contribution in [0.2, 0.25) is 0 Å². The monoisotopic (exact) mass is 398 g/mol. The van der Waals surface area contributed by atoms with Gasteiger partial charge < -0.3 is 9.47 Å². The molecule has 0 unspecified atom stereocenters. The van der Waals surface area contributed by atoms with E-state index >= 15 is 0 Å². The molecule has 0 saturated heterocycles. The number of ether oxygens (including phenoxy) is 2. The Labute approximate surface area is 170 Å². The van der Waals surface area contributed by atoms with Crippen LogP contribution in [0.15, 0.2) is 60.2 Å². The second-order valence-electron chi connectivity index (χ2n) is 5.95. The maximum atomic E-state index is 12.0. The van der Waals surface area contributed by atoms with Gasteiger partial charge in [-0.25, -0.2) is 5.43 Å². The van der Waals surface area contributed by atoms with Crippen molar-refractivity contribution in [2.45, 2.75) is 19.6 Å². The van der Waals surface area contributed by atoms with Gasteiger partial charge in [0.05, 0.1) is 18.6 Å². The lowest BCUT2D eigenvalue weighted by atomic mass is 10.1. The van der Waals surface area contributed by atoms with Gasteiger partial charge in [0.15, 0.2) is 11.5 Å². The van der Waals surface area contributed by atoms with E-state index in [1.54, 1.807) is 24.1 Å². The van der Waals surface area contributed by atoms with Crippen LogP contribution in [0.5, 0.6) is 11.5 Å². The summed E-state index contributed by atoms with van der Waals surface area (Å²) in [4.78, 5) is 12.0. The number of amides is 1. The predicted octanol–water partition coefficient (Wildman–Crippen LogP) is 4.34. The average Bonchev–Trinajstić information content (AvgIpc) is 2.69. The number of rotatable bonds is 11. The first-order valence-corrected chi connectivity index (χ1v) is 10.2. The molecule has 28 heavy (non-hydrogen) atoms. The van der Waals surface area contributed by atoms with Crippen molar-refractivity contribution in [3.63, 3.8) is 0 Å². The van der Waals surface area contributed by atoms with E-state index < -0.39 is 0 Å². The molecule has 0 radical (unpaired) electrons. The molecule has 0 atom stereocenters. The molecule has 0 aliphatic heterocycles. The Kier molecular flexibility index (Phi) is 9.15. The molecule has 0 fully saturated rings. The molecule has 5 nitrogen and oxygen atoms in total. The van der Waals surface area contributed by atoms with E-state index in [1.807, 2.05) is 37.3 Å². The van der Waals surface area contributed by atoms with Crippen molar-refractivity contribution in [2.75, 3.05) is 19.0 Å². The fourth-order valence-electron chi connectivity index (χ4n) is 2.38. The standard InChI is InChI=1S/C22H26N2O3S/c1-4-12-27-20-11-10-18(13-21(20)26-5-2)14-23-24-22(25)16-28-15-19-9-7-6-8-17(19)3/h4,6-11,13-14H,1,5,12,15-16H2,2-3H3,(H,24,25)/b23-14+. The number of hydrazone groups is 1. The summed E-state index contributed by atoms with van der Waals surface area (Å²) in [6, 6.07) is 13.7. The largest absolute Gasteiger partial charge is 0.490 e. The highest BCUT2D eigenvalue weighted by molar-refractivity contribution is 7.99. The van der Waals surface area contributed by atoms with Gasteiger partial charge in [0, 0.05) is 5.75 Å². The summed E-state index contributed by atoms with van der Waals surface area (Å²) in [6.45, 7) is 8.56. The van der Waals surface area contributed by atoms with E-state index in [1.165, 1.54) is 11.1 Å². The van der Waals surface area contributed by atoms with Crippen LogP contribution >= 0.6 is 11.8 Å². The van der Waals surface area contributed by atoms with Gasteiger partial charge in [-0.15, -0.1) is 11.8 Å². The first kappa shape index (κ1) is 21.6. The molecular formula is C22H26N2O3S. The minimum atomic E-state index is -0.134. The lowest BCUT2D eigenvalue weighted by molar-refractivity contribution is -0.118. The van der Waals surface area contributed by atoms with Gasteiger partial charge in [0.2, 0.25) is 5.91 Å². The lowest BCUT2D eigenvalue weighted by Crippen LogP contribution is -2.19. The summed E-state index contributed by atoms with van der Waals surface area (Å²) in [5.74, 6) is 2.30. The second kappa shape index (κ2) is 11.9. The summed E-state index contributed by atoms with van der Waals surface area (Å²) >= 11 is 1.56. The van der Waals surface area contributed by atoms with E-state index in [-0.39, 0.29) is 5.91 Å². The molecule has 6 heteroatoms. The van der Waals surface area contributed by atoms with Crippen LogP contribution in [-0.4, -0.2) is 31.1 Å². The van der Waals surface area contributed by atoms with E-state index in [4.69, 9.17) is 9.47 Å². The van der Waals surface area contributed by atoms with Crippen LogP contribution in [0.1, 0.15) is 23.6 Å². The van der Waals surface area contributed by atoms with Crippen molar-refractivity contribution >= 4 is 23.9 Å². The molecule has 1 N–H and O–H groups in total. The molecule has 0 spiro atoms. The van der Waals surface area contributed by atoms with E-state index in [2.05, 4.69) is 36.2 Å². The van der Waals surface area contributed by atoms with Crippen molar-refractivity contribution in [2.24, 2.45) is 5.10 Å². The topological polar surface area (TPSA) is 59.9 Å². The Balaban J connectivity index is 1.84. The number of aryl methyl sites for hydroxylation is 1. The summed E-state index contributed by atoms with van der Waals surface area (Å²) in [5, 5.41) is 4.03. The zero-order valence-corrected chi connectivity index (χ0v) is 17.1. The minimum Gasteiger partial charge on any atom is -0.490 e. The van der Waals surface area contributed by atoms with Crippen LogP contribution < -0.4 is 14.9 Å². The minimum absolute atomic E-state index is 0.134. The SMILES string of the molecule is C=CCOc1ccc(/C=N/NC(=O)CSCc2ccccc2C)cc1OCC. The average molecular weight is 399 g/mol. The number of carbonyl (C=O) groups excluding carboxylic acids is 1. The maximum absolute atomic E-state index is 12.0. The number of benzene rings is 2. The normalized spacial score (nSPS) is 10.6. The fraction of sp³-hybridized carbons (Fsp3) is 0.273. The Morgan fingerprint density at radius 3 is 2.79 bits per heavy atom. The van der Waals surface area contributed by atoms with Gasteiger partial charge in [-0.3, -0.25) is 4.79 Å². The number of thioether (sulfide) groups is 1. The third kappa shape index (κ3) is 7.12. The van der Waals surface area contributed by atoms with Gasteiger partial charge in [0.25, 0.3) is 0 Å². The molecule has 1 amide bonds. The second-order valence-corrected chi connectivity index (χ2v) is 6.94. The number of nitrogens with zero attached hydrogens (tertiary/aromatic N) is 1. The van der Waals surface area contributed by atoms with E-state index in [9.17, 15) is 4.79 Å². The number of hydrogen-bond acceptors (Lipinski definition) is 5. The van der Waals surface area contributed by atoms with Crippen molar-refractivity contribution in [3.05, 3.63) is 71.8 Å². The van der Waals surface area contributed by atoms with Crippen molar-refractivity contribution in [1.82, 2.24) is 5.43 Å². The van der Waals surface area contributed by atoms with Gasteiger partial charge in [-0.05, 0) is 48.7 Å². The molecule has 148 valence electrons. The van der Waals surface area contributed by atoms with Crippen molar-refractivity contribution in [1.29, 1.82) is 0 Å². The van der Waals surface area contributed by atoms with Gasteiger partial charge in [0.1, 0.15) is 6.61 Å². The quantitative estimate of drug-likeness (QED) is 0.347. The summed E-state index contributed by atoms with van der Waals surface area (Å²) in [7, 11) is 0. The van der Waals surface area contributed by atoms with Crippen molar-refractivity contribution in [3.8, 4) is 11.5 Å². The molecule has 0 aliphatic carbocycles.